The first-order valence-electron chi connectivity index (χ1n) is 17.0. The molecule has 292 valence electrons. The monoisotopic (exact) mass is 798 g/mol. The molecule has 0 spiro atoms. The molecular formula is C35H48ClFN6O8S2. The number of nitrogens with one attached hydrogen (secondary N) is 1. The summed E-state index contributed by atoms with van der Waals surface area (Å²) in [4.78, 5) is 32.1. The lowest BCUT2D eigenvalue weighted by molar-refractivity contribution is -0.00489. The highest BCUT2D eigenvalue weighted by Crippen LogP contribution is 2.36. The van der Waals surface area contributed by atoms with Crippen molar-refractivity contribution in [2.75, 3.05) is 49.6 Å². The number of likely N-dealkylation sites (tertiary alicyclic amines) is 1. The number of halogens is 2. The first-order chi connectivity index (χ1) is 24.8. The third kappa shape index (κ3) is 11.1. The minimum absolute atomic E-state index is 0.0127. The van der Waals surface area contributed by atoms with Crippen LogP contribution in [0, 0.1) is 5.82 Å². The largest absolute Gasteiger partial charge is 0.497 e. The van der Waals surface area contributed by atoms with Gasteiger partial charge in [0.25, 0.3) is 10.0 Å². The number of hydrogen-bond acceptors (Lipinski definition) is 12. The Bertz CT molecular complexity index is 1840. The van der Waals surface area contributed by atoms with E-state index in [2.05, 4.69) is 14.7 Å². The second-order valence-electron chi connectivity index (χ2n) is 14.3. The number of ether oxygens (including phenoxy) is 4. The molecule has 0 saturated carbocycles. The van der Waals surface area contributed by atoms with E-state index in [-0.39, 0.29) is 41.1 Å². The Labute approximate surface area is 319 Å². The average molecular weight is 799 g/mol. The molecule has 1 aliphatic heterocycles. The van der Waals surface area contributed by atoms with Crippen molar-refractivity contribution in [2.45, 2.75) is 89.5 Å². The van der Waals surface area contributed by atoms with Gasteiger partial charge in [-0.3, -0.25) is 4.90 Å². The van der Waals surface area contributed by atoms with Crippen molar-refractivity contribution >= 4 is 56.2 Å². The second kappa shape index (κ2) is 17.5. The van der Waals surface area contributed by atoms with Crippen LogP contribution in [-0.2, 0) is 26.0 Å². The fourth-order valence-corrected chi connectivity index (χ4v) is 7.88. The van der Waals surface area contributed by atoms with Gasteiger partial charge in [-0.15, -0.1) is 0 Å². The summed E-state index contributed by atoms with van der Waals surface area (Å²) in [6.45, 7) is 12.2. The van der Waals surface area contributed by atoms with E-state index < -0.39 is 38.0 Å². The Morgan fingerprint density at radius 3 is 2.36 bits per heavy atom. The SMILES string of the molecule is COc1ccc(CN(c2ncns2)S(=O)(=O)c2cc(Cl)c(N(CCCCNCC3CCN3C(=O)OC(C)(C)C)C(=O)OC(C)(C)C)cc2F)c(OC)c1. The summed E-state index contributed by atoms with van der Waals surface area (Å²) >= 11 is 7.49. The topological polar surface area (TPSA) is 153 Å². The summed E-state index contributed by atoms with van der Waals surface area (Å²) in [5.41, 5.74) is -1.04. The molecule has 18 heteroatoms. The summed E-state index contributed by atoms with van der Waals surface area (Å²) in [7, 11) is -1.71. The zero-order chi connectivity index (χ0) is 39.1. The van der Waals surface area contributed by atoms with Crippen LogP contribution in [0.4, 0.5) is 24.8 Å². The predicted octanol–water partition coefficient (Wildman–Crippen LogP) is 6.86. The van der Waals surface area contributed by atoms with Crippen LogP contribution in [0.3, 0.4) is 0 Å². The molecule has 1 aromatic heterocycles. The molecule has 1 aliphatic rings. The van der Waals surface area contributed by atoms with Crippen LogP contribution in [0.1, 0.15) is 66.4 Å². The molecular weight excluding hydrogens is 751 g/mol. The molecule has 1 fully saturated rings. The van der Waals surface area contributed by atoms with Crippen molar-refractivity contribution in [3.63, 3.8) is 0 Å². The smallest absolute Gasteiger partial charge is 0.414 e. The Balaban J connectivity index is 1.51. The van der Waals surface area contributed by atoms with Crippen LogP contribution in [0.2, 0.25) is 5.02 Å². The van der Waals surface area contributed by atoms with E-state index in [9.17, 15) is 18.0 Å². The van der Waals surface area contributed by atoms with E-state index >= 15 is 4.39 Å². The highest BCUT2D eigenvalue weighted by atomic mass is 35.5. The van der Waals surface area contributed by atoms with Crippen LogP contribution in [0.25, 0.3) is 0 Å². The summed E-state index contributed by atoms with van der Waals surface area (Å²) < 4.78 is 71.1. The standard InChI is InChI=1S/C35H48ClFN6O8S2/c1-34(2,3)50-32(44)41-16-13-24(41)20-38-14-9-10-15-42(33(45)51-35(4,5)6)28-19-27(37)30(18-26(28)36)53(46,47)43(31-39-22-40-52-31)21-23-11-12-25(48-7)17-29(23)49-8/h11-12,17-19,22,24,38H,9-10,13-16,20-21H2,1-8H3. The van der Waals surface area contributed by atoms with Gasteiger partial charge in [0.15, 0.2) is 0 Å². The van der Waals surface area contributed by atoms with Crippen molar-refractivity contribution in [1.29, 1.82) is 0 Å². The summed E-state index contributed by atoms with van der Waals surface area (Å²) in [5, 5.41) is 3.16. The quantitative estimate of drug-likeness (QED) is 0.161. The van der Waals surface area contributed by atoms with Crippen LogP contribution >= 0.6 is 23.1 Å². The van der Waals surface area contributed by atoms with Gasteiger partial charge in [0, 0.05) is 54.9 Å². The van der Waals surface area contributed by atoms with E-state index in [1.54, 1.807) is 43.9 Å². The summed E-state index contributed by atoms with van der Waals surface area (Å²) in [6.07, 6.45) is 2.04. The van der Waals surface area contributed by atoms with Gasteiger partial charge in [-0.2, -0.15) is 4.37 Å². The first kappa shape index (κ1) is 41.8. The number of benzene rings is 2. The van der Waals surface area contributed by atoms with Crippen LogP contribution in [0.15, 0.2) is 41.6 Å². The lowest BCUT2D eigenvalue weighted by Crippen LogP contribution is -2.56. The van der Waals surface area contributed by atoms with Gasteiger partial charge in [-0.05, 0) is 85.5 Å². The number of unbranched alkanes of at least 4 members (excludes halogenated alkanes) is 1. The number of aromatic nitrogens is 2. The molecule has 2 amide bonds. The predicted molar refractivity (Wildman–Crippen MR) is 201 cm³/mol. The fraction of sp³-hybridized carbons (Fsp3) is 0.543. The number of anilines is 2. The first-order valence-corrected chi connectivity index (χ1v) is 19.6. The number of amides is 2. The number of carbonyl (C=O) groups excluding carboxylic acids is 2. The van der Waals surface area contributed by atoms with E-state index in [0.717, 1.165) is 34.4 Å². The molecule has 1 N–H and O–H groups in total. The molecule has 2 heterocycles. The van der Waals surface area contributed by atoms with Gasteiger partial charge in [0.05, 0.1) is 31.5 Å². The Hall–Kier alpha value is -3.93. The minimum atomic E-state index is -4.64. The highest BCUT2D eigenvalue weighted by Gasteiger charge is 2.36. The molecule has 2 aromatic carbocycles. The minimum Gasteiger partial charge on any atom is -0.497 e. The van der Waals surface area contributed by atoms with Gasteiger partial charge in [-0.25, -0.2) is 31.7 Å². The number of hydrogen-bond donors (Lipinski definition) is 1. The lowest BCUT2D eigenvalue weighted by Gasteiger charge is -2.41. The third-order valence-corrected chi connectivity index (χ3v) is 10.8. The molecule has 53 heavy (non-hydrogen) atoms. The normalized spacial score (nSPS) is 14.7. The number of methoxy groups -OCH3 is 2. The molecule has 14 nitrogen and oxygen atoms in total. The van der Waals surface area contributed by atoms with Gasteiger partial charge < -0.3 is 29.2 Å². The maximum absolute atomic E-state index is 16.1. The van der Waals surface area contributed by atoms with Crippen molar-refractivity contribution in [1.82, 2.24) is 19.6 Å². The summed E-state index contributed by atoms with van der Waals surface area (Å²) in [6, 6.07) is 6.81. The van der Waals surface area contributed by atoms with Gasteiger partial charge >= 0.3 is 12.2 Å². The third-order valence-electron chi connectivity index (χ3n) is 7.98. The van der Waals surface area contributed by atoms with Crippen LogP contribution in [0.5, 0.6) is 11.5 Å². The number of rotatable bonds is 15. The van der Waals surface area contributed by atoms with Crippen molar-refractivity contribution < 1.29 is 41.3 Å². The fourth-order valence-electron chi connectivity index (χ4n) is 5.34. The Morgan fingerprint density at radius 1 is 1.06 bits per heavy atom. The molecule has 1 saturated heterocycles. The lowest BCUT2D eigenvalue weighted by atomic mass is 10.0. The zero-order valence-electron chi connectivity index (χ0n) is 31.3. The van der Waals surface area contributed by atoms with Gasteiger partial charge in [-0.1, -0.05) is 11.6 Å². The van der Waals surface area contributed by atoms with E-state index in [4.69, 9.17) is 30.5 Å². The molecule has 0 radical (unpaired) electrons. The zero-order valence-corrected chi connectivity index (χ0v) is 33.7. The Kier molecular flexibility index (Phi) is 13.8. The van der Waals surface area contributed by atoms with Crippen molar-refractivity contribution in [3.05, 3.63) is 53.1 Å². The molecule has 1 atom stereocenters. The van der Waals surface area contributed by atoms with E-state index in [0.29, 0.717) is 49.5 Å². The van der Waals surface area contributed by atoms with Gasteiger partial charge in [0.2, 0.25) is 5.13 Å². The number of carbonyl (C=O) groups is 2. The maximum Gasteiger partial charge on any atom is 0.414 e. The van der Waals surface area contributed by atoms with Crippen molar-refractivity contribution in [2.24, 2.45) is 0 Å². The Morgan fingerprint density at radius 2 is 1.77 bits per heavy atom. The van der Waals surface area contributed by atoms with Gasteiger partial charge in [0.1, 0.15) is 39.7 Å². The molecule has 1 unspecified atom stereocenters. The maximum atomic E-state index is 16.1. The van der Waals surface area contributed by atoms with Crippen LogP contribution < -0.4 is 24.0 Å². The highest BCUT2D eigenvalue weighted by molar-refractivity contribution is 7.93. The van der Waals surface area contributed by atoms with Crippen molar-refractivity contribution in [3.8, 4) is 11.5 Å². The van der Waals surface area contributed by atoms with Crippen LogP contribution in [-0.4, -0.2) is 92.5 Å². The van der Waals surface area contributed by atoms with E-state index in [1.807, 2.05) is 20.8 Å². The molecule has 4 rings (SSSR count). The second-order valence-corrected chi connectivity index (χ2v) is 17.3. The summed E-state index contributed by atoms with van der Waals surface area (Å²) in [5.74, 6) is -0.293. The number of sulfonamides is 1. The van der Waals surface area contributed by atoms with E-state index in [1.165, 1.54) is 25.4 Å². The number of nitrogens with zero attached hydrogens (tertiary/aromatic N) is 5. The average Bonchev–Trinajstić information content (AvgIpc) is 3.58. The molecule has 3 aromatic rings. The molecule has 0 bridgehead atoms. The molecule has 0 aliphatic carbocycles.